The second kappa shape index (κ2) is 9.43. The van der Waals surface area contributed by atoms with Crippen molar-refractivity contribution in [3.63, 3.8) is 0 Å². The van der Waals surface area contributed by atoms with Crippen LogP contribution in [-0.4, -0.2) is 57.6 Å². The van der Waals surface area contributed by atoms with Crippen molar-refractivity contribution in [2.24, 2.45) is 0 Å². The van der Waals surface area contributed by atoms with Crippen LogP contribution in [0.3, 0.4) is 0 Å². The first kappa shape index (κ1) is 20.6. The molecule has 158 valence electrons. The zero-order valence-corrected chi connectivity index (χ0v) is 17.6. The molecule has 1 aromatic heterocycles. The van der Waals surface area contributed by atoms with E-state index in [2.05, 4.69) is 12.1 Å². The van der Waals surface area contributed by atoms with E-state index in [0.29, 0.717) is 32.7 Å². The molecule has 0 saturated carbocycles. The minimum atomic E-state index is -0.0435. The number of aromatic nitrogens is 2. The summed E-state index contributed by atoms with van der Waals surface area (Å²) in [5.41, 5.74) is 3.93. The molecule has 1 saturated heterocycles. The first-order chi connectivity index (χ1) is 15.1. The van der Waals surface area contributed by atoms with Gasteiger partial charge in [-0.05, 0) is 11.6 Å². The van der Waals surface area contributed by atoms with Gasteiger partial charge in [-0.3, -0.25) is 14.3 Å². The lowest BCUT2D eigenvalue weighted by Gasteiger charge is -2.33. The molecule has 4 rings (SSSR count). The first-order valence-corrected chi connectivity index (χ1v) is 10.5. The number of carbonyl (C=O) groups excluding carboxylic acids is 2. The molecule has 0 N–H and O–H groups in total. The van der Waals surface area contributed by atoms with Crippen LogP contribution in [0.1, 0.15) is 18.1 Å². The molecule has 3 aromatic rings. The number of rotatable bonds is 5. The predicted molar refractivity (Wildman–Crippen MR) is 121 cm³/mol. The van der Waals surface area contributed by atoms with Gasteiger partial charge in [0.2, 0.25) is 11.8 Å². The summed E-state index contributed by atoms with van der Waals surface area (Å²) in [6.07, 6.45) is 5.43. The minimum absolute atomic E-state index is 0.0435. The van der Waals surface area contributed by atoms with Crippen molar-refractivity contribution in [2.45, 2.75) is 13.5 Å². The molecule has 2 heterocycles. The molecule has 6 nitrogen and oxygen atoms in total. The van der Waals surface area contributed by atoms with Gasteiger partial charge in [0.25, 0.3) is 0 Å². The summed E-state index contributed by atoms with van der Waals surface area (Å²) < 4.78 is 1.91. The van der Waals surface area contributed by atoms with E-state index < -0.39 is 0 Å². The molecule has 0 radical (unpaired) electrons. The van der Waals surface area contributed by atoms with Gasteiger partial charge < -0.3 is 9.80 Å². The summed E-state index contributed by atoms with van der Waals surface area (Å²) in [5.74, 6) is 0.0130. The highest BCUT2D eigenvalue weighted by Crippen LogP contribution is 2.23. The van der Waals surface area contributed by atoms with Crippen LogP contribution in [0.4, 0.5) is 0 Å². The fourth-order valence-electron chi connectivity index (χ4n) is 3.74. The third-order valence-electron chi connectivity index (χ3n) is 5.47. The Bertz CT molecular complexity index is 1070. The molecule has 0 unspecified atom stereocenters. The molecule has 6 heteroatoms. The Kier molecular flexibility index (Phi) is 6.26. The molecule has 0 aliphatic carbocycles. The van der Waals surface area contributed by atoms with E-state index in [-0.39, 0.29) is 11.8 Å². The summed E-state index contributed by atoms with van der Waals surface area (Å²) in [4.78, 5) is 27.7. The molecule has 2 aromatic carbocycles. The molecule has 1 aliphatic heterocycles. The third-order valence-corrected chi connectivity index (χ3v) is 5.47. The Labute approximate surface area is 182 Å². The van der Waals surface area contributed by atoms with Gasteiger partial charge >= 0.3 is 0 Å². The fraction of sp³-hybridized carbons (Fsp3) is 0.240. The number of nitrogens with zero attached hydrogens (tertiary/aromatic N) is 4. The monoisotopic (exact) mass is 414 g/mol. The van der Waals surface area contributed by atoms with Crippen LogP contribution in [0.15, 0.2) is 72.9 Å². The van der Waals surface area contributed by atoms with Crippen LogP contribution in [-0.2, 0) is 16.1 Å². The van der Waals surface area contributed by atoms with Crippen molar-refractivity contribution in [1.82, 2.24) is 19.6 Å². The smallest absolute Gasteiger partial charge is 0.246 e. The molecule has 0 spiro atoms. The Hall–Kier alpha value is -3.67. The molecule has 0 atom stereocenters. The summed E-state index contributed by atoms with van der Waals surface area (Å²) in [6.45, 7) is 4.51. The molecule has 1 aliphatic rings. The number of hydrogen-bond donors (Lipinski definition) is 0. The standard InChI is InChI=1S/C25H26N4O2/c1-20(30)27-14-16-28(17-15-27)24(31)13-12-23-19-29(18-21-8-4-2-5-9-21)26-25(23)22-10-6-3-7-11-22/h2-13,19H,14-18H2,1H3. The normalized spacial score (nSPS) is 14.2. The van der Waals surface area contributed by atoms with Gasteiger partial charge in [-0.2, -0.15) is 5.10 Å². The van der Waals surface area contributed by atoms with Crippen LogP contribution in [0, 0.1) is 0 Å². The van der Waals surface area contributed by atoms with E-state index in [1.54, 1.807) is 22.8 Å². The molecular weight excluding hydrogens is 388 g/mol. The summed E-state index contributed by atoms with van der Waals surface area (Å²) in [6, 6.07) is 20.2. The quantitative estimate of drug-likeness (QED) is 0.602. The van der Waals surface area contributed by atoms with Crippen LogP contribution >= 0.6 is 0 Å². The Morgan fingerprint density at radius 3 is 2.16 bits per heavy atom. The van der Waals surface area contributed by atoms with Crippen molar-refractivity contribution in [2.75, 3.05) is 26.2 Å². The van der Waals surface area contributed by atoms with E-state index in [1.807, 2.05) is 65.5 Å². The molecular formula is C25H26N4O2. The SMILES string of the molecule is CC(=O)N1CCN(C(=O)C=Cc2cn(Cc3ccccc3)nc2-c2ccccc2)CC1. The Morgan fingerprint density at radius 2 is 1.52 bits per heavy atom. The predicted octanol–water partition coefficient (Wildman–Crippen LogP) is 3.30. The van der Waals surface area contributed by atoms with Gasteiger partial charge in [0.1, 0.15) is 0 Å². The van der Waals surface area contributed by atoms with E-state index >= 15 is 0 Å². The van der Waals surface area contributed by atoms with Gasteiger partial charge in [0.15, 0.2) is 0 Å². The lowest BCUT2D eigenvalue weighted by molar-refractivity contribution is -0.135. The lowest BCUT2D eigenvalue weighted by atomic mass is 10.1. The van der Waals surface area contributed by atoms with Crippen molar-refractivity contribution in [1.29, 1.82) is 0 Å². The van der Waals surface area contributed by atoms with Gasteiger partial charge in [-0.25, -0.2) is 0 Å². The number of hydrogen-bond acceptors (Lipinski definition) is 3. The van der Waals surface area contributed by atoms with Crippen molar-refractivity contribution in [3.8, 4) is 11.3 Å². The van der Waals surface area contributed by atoms with Gasteiger partial charge in [0.05, 0.1) is 12.2 Å². The number of benzene rings is 2. The van der Waals surface area contributed by atoms with Crippen LogP contribution in [0.25, 0.3) is 17.3 Å². The fourth-order valence-corrected chi connectivity index (χ4v) is 3.74. The van der Waals surface area contributed by atoms with Gasteiger partial charge in [-0.15, -0.1) is 0 Å². The lowest BCUT2D eigenvalue weighted by Crippen LogP contribution is -2.49. The van der Waals surface area contributed by atoms with E-state index in [1.165, 1.54) is 5.56 Å². The number of carbonyl (C=O) groups is 2. The second-order valence-electron chi connectivity index (χ2n) is 7.65. The van der Waals surface area contributed by atoms with E-state index in [0.717, 1.165) is 16.8 Å². The number of amides is 2. The molecule has 0 bridgehead atoms. The first-order valence-electron chi connectivity index (χ1n) is 10.5. The highest BCUT2D eigenvalue weighted by Gasteiger charge is 2.21. The van der Waals surface area contributed by atoms with Gasteiger partial charge in [0, 0.05) is 56.5 Å². The molecule has 31 heavy (non-hydrogen) atoms. The third kappa shape index (κ3) is 5.09. The van der Waals surface area contributed by atoms with E-state index in [4.69, 9.17) is 5.10 Å². The average molecular weight is 415 g/mol. The minimum Gasteiger partial charge on any atom is -0.339 e. The van der Waals surface area contributed by atoms with Crippen molar-refractivity contribution < 1.29 is 9.59 Å². The summed E-state index contributed by atoms with van der Waals surface area (Å²) in [5, 5.41) is 4.79. The zero-order chi connectivity index (χ0) is 21.6. The molecule has 1 fully saturated rings. The summed E-state index contributed by atoms with van der Waals surface area (Å²) >= 11 is 0. The van der Waals surface area contributed by atoms with Crippen molar-refractivity contribution >= 4 is 17.9 Å². The highest BCUT2D eigenvalue weighted by atomic mass is 16.2. The Balaban J connectivity index is 1.53. The molecule has 2 amide bonds. The number of piperazine rings is 1. The maximum absolute atomic E-state index is 12.7. The Morgan fingerprint density at radius 1 is 0.903 bits per heavy atom. The average Bonchev–Trinajstić information content (AvgIpc) is 3.21. The maximum atomic E-state index is 12.7. The van der Waals surface area contributed by atoms with Gasteiger partial charge in [-0.1, -0.05) is 60.7 Å². The highest BCUT2D eigenvalue weighted by molar-refractivity contribution is 5.93. The van der Waals surface area contributed by atoms with Crippen LogP contribution < -0.4 is 0 Å². The second-order valence-corrected chi connectivity index (χ2v) is 7.65. The van der Waals surface area contributed by atoms with Crippen molar-refractivity contribution in [3.05, 3.63) is 84.1 Å². The van der Waals surface area contributed by atoms with E-state index in [9.17, 15) is 9.59 Å². The zero-order valence-electron chi connectivity index (χ0n) is 17.6. The van der Waals surface area contributed by atoms with Crippen LogP contribution in [0.5, 0.6) is 0 Å². The summed E-state index contributed by atoms with van der Waals surface area (Å²) in [7, 11) is 0. The maximum Gasteiger partial charge on any atom is 0.246 e. The largest absolute Gasteiger partial charge is 0.339 e. The topological polar surface area (TPSA) is 58.4 Å². The van der Waals surface area contributed by atoms with Crippen LogP contribution in [0.2, 0.25) is 0 Å².